The van der Waals surface area contributed by atoms with Gasteiger partial charge in [0.2, 0.25) is 11.8 Å². The Morgan fingerprint density at radius 1 is 0.828 bits per heavy atom. The first kappa shape index (κ1) is 36.9. The van der Waals surface area contributed by atoms with Gasteiger partial charge in [-0.05, 0) is 105 Å². The molecule has 6 saturated heterocycles. The molecule has 3 aromatic carbocycles. The van der Waals surface area contributed by atoms with E-state index in [1.165, 1.54) is 0 Å². The third kappa shape index (κ3) is 6.02. The number of fused-ring (bicyclic) bond motifs is 3. The summed E-state index contributed by atoms with van der Waals surface area (Å²) in [5.41, 5.74) is 5.16. The van der Waals surface area contributed by atoms with Gasteiger partial charge in [0, 0.05) is 99.0 Å². The van der Waals surface area contributed by atoms with E-state index in [2.05, 4.69) is 54.9 Å². The Balaban J connectivity index is 0.711. The zero-order valence-corrected chi connectivity index (χ0v) is 33.2. The molecule has 58 heavy (non-hydrogen) atoms. The monoisotopic (exact) mass is 800 g/mol. The Morgan fingerprint density at radius 2 is 1.55 bits per heavy atom. The quantitative estimate of drug-likeness (QED) is 0.360. The first-order valence-electron chi connectivity index (χ1n) is 20.5. The van der Waals surface area contributed by atoms with Crippen LogP contribution in [0.1, 0.15) is 82.1 Å². The van der Waals surface area contributed by atoms with Crippen LogP contribution in [0, 0.1) is 16.7 Å². The number of nitrogens with zero attached hydrogens (tertiary/aromatic N) is 7. The third-order valence-electron chi connectivity index (χ3n) is 14.1. The van der Waals surface area contributed by atoms with Gasteiger partial charge in [0.25, 0.3) is 17.7 Å². The number of benzene rings is 3. The van der Waals surface area contributed by atoms with Crippen molar-refractivity contribution in [1.82, 2.24) is 20.0 Å². The maximum absolute atomic E-state index is 13.8. The minimum atomic E-state index is -0.982. The number of anilines is 3. The number of hydrogen-bond donors (Lipinski definition) is 1. The van der Waals surface area contributed by atoms with Crippen LogP contribution in [0.5, 0.6) is 0 Å². The van der Waals surface area contributed by atoms with E-state index in [1.807, 2.05) is 36.4 Å². The number of carbonyl (C=O) groups excluding carboxylic acids is 5. The normalized spacial score (nSPS) is 26.7. The Hall–Kier alpha value is -5.45. The van der Waals surface area contributed by atoms with Gasteiger partial charge in [-0.25, -0.2) is 0 Å². The van der Waals surface area contributed by atoms with Crippen LogP contribution in [0.4, 0.5) is 17.1 Å². The van der Waals surface area contributed by atoms with Crippen LogP contribution in [0.3, 0.4) is 0 Å². The lowest BCUT2D eigenvalue weighted by Crippen LogP contribution is -2.63. The fourth-order valence-electron chi connectivity index (χ4n) is 10.9. The number of nitrogens with one attached hydrogen (secondary N) is 1. The van der Waals surface area contributed by atoms with Crippen LogP contribution in [0.15, 0.2) is 60.7 Å². The number of hydrogen-bond acceptors (Lipinski definition) is 10. The van der Waals surface area contributed by atoms with Gasteiger partial charge in [-0.15, -0.1) is 0 Å². The van der Waals surface area contributed by atoms with E-state index < -0.39 is 29.7 Å². The Morgan fingerprint density at radius 3 is 2.24 bits per heavy atom. The number of piperazine rings is 1. The summed E-state index contributed by atoms with van der Waals surface area (Å²) in [7, 11) is 0. The number of amides is 5. The average molecular weight is 801 g/mol. The van der Waals surface area contributed by atoms with Crippen molar-refractivity contribution in [3.05, 3.63) is 87.9 Å². The second kappa shape index (κ2) is 13.8. The summed E-state index contributed by atoms with van der Waals surface area (Å²) < 4.78 is 0. The van der Waals surface area contributed by atoms with E-state index in [9.17, 15) is 29.2 Å². The van der Waals surface area contributed by atoms with Crippen molar-refractivity contribution in [3.63, 3.8) is 0 Å². The molecular weight excluding hydrogens is 756 g/mol. The maximum Gasteiger partial charge on any atom is 0.262 e. The zero-order chi connectivity index (χ0) is 40.0. The number of piperidine rings is 2. The Labute approximate surface area is 342 Å². The molecule has 0 aliphatic carbocycles. The third-order valence-corrected chi connectivity index (χ3v) is 14.5. The van der Waals surface area contributed by atoms with E-state index in [0.29, 0.717) is 40.8 Å². The van der Waals surface area contributed by atoms with Gasteiger partial charge in [-0.3, -0.25) is 39.1 Å². The molecule has 6 fully saturated rings. The highest BCUT2D eigenvalue weighted by Crippen LogP contribution is 2.46. The van der Waals surface area contributed by atoms with E-state index >= 15 is 0 Å². The number of rotatable bonds is 6. The molecule has 7 heterocycles. The first-order valence-corrected chi connectivity index (χ1v) is 20.9. The molecule has 298 valence electrons. The predicted octanol–water partition coefficient (Wildman–Crippen LogP) is 4.29. The second-order valence-electron chi connectivity index (χ2n) is 17.4. The van der Waals surface area contributed by atoms with Crippen molar-refractivity contribution in [2.24, 2.45) is 5.41 Å². The standard InChI is InChI=1S/C44H45ClN8O5/c1-26-19-44(25-52(26)31-7-4-28(20-46)37(45)18-31)12-14-48(15-13-44)29-5-2-27(3-6-29)41(56)51-24-32-16-33(51)23-50(32)34-21-49(22-34)30-8-9-35-36(17-30)43(58)53(42(35)57)38-10-11-39(54)47-40(38)55/h2-9,17-18,26,32-34,38H,10-16,19,21-25H2,1H3,(H,47,54,55)/t26-,32-,33-,38?/m0/s1. The summed E-state index contributed by atoms with van der Waals surface area (Å²) in [4.78, 5) is 77.0. The van der Waals surface area contributed by atoms with Gasteiger partial charge in [-0.2, -0.15) is 5.26 Å². The molecule has 5 amide bonds. The van der Waals surface area contributed by atoms with Gasteiger partial charge in [0.05, 0.1) is 21.7 Å². The highest BCUT2D eigenvalue weighted by Gasteiger charge is 2.51. The molecule has 14 heteroatoms. The Bertz CT molecular complexity index is 2300. The maximum atomic E-state index is 13.8. The molecule has 7 aliphatic heterocycles. The fourth-order valence-corrected chi connectivity index (χ4v) is 11.2. The molecule has 7 aliphatic rings. The predicted molar refractivity (Wildman–Crippen MR) is 217 cm³/mol. The van der Waals surface area contributed by atoms with Crippen molar-refractivity contribution in [2.75, 3.05) is 60.5 Å². The number of nitriles is 1. The van der Waals surface area contributed by atoms with Crippen molar-refractivity contribution < 1.29 is 24.0 Å². The van der Waals surface area contributed by atoms with E-state index in [1.54, 1.807) is 12.1 Å². The van der Waals surface area contributed by atoms with Crippen molar-refractivity contribution >= 4 is 58.2 Å². The number of likely N-dealkylation sites (tertiary alicyclic amines) is 2. The molecule has 2 bridgehead atoms. The Kier molecular flexibility index (Phi) is 8.80. The van der Waals surface area contributed by atoms with Gasteiger partial charge in [-0.1, -0.05) is 11.6 Å². The number of carbonyl (C=O) groups is 5. The summed E-state index contributed by atoms with van der Waals surface area (Å²) in [5, 5.41) is 12.0. The van der Waals surface area contributed by atoms with Crippen LogP contribution in [0.25, 0.3) is 0 Å². The van der Waals surface area contributed by atoms with Gasteiger partial charge >= 0.3 is 0 Å². The van der Waals surface area contributed by atoms with Gasteiger partial charge in [0.1, 0.15) is 12.1 Å². The molecule has 1 unspecified atom stereocenters. The second-order valence-corrected chi connectivity index (χ2v) is 17.8. The van der Waals surface area contributed by atoms with Gasteiger partial charge in [0.15, 0.2) is 0 Å². The minimum absolute atomic E-state index is 0.0861. The fraction of sp³-hybridized carbons (Fsp3) is 0.455. The van der Waals surface area contributed by atoms with Crippen LogP contribution >= 0.6 is 11.6 Å². The highest BCUT2D eigenvalue weighted by molar-refractivity contribution is 6.32. The van der Waals surface area contributed by atoms with E-state index in [-0.39, 0.29) is 35.8 Å². The average Bonchev–Trinajstić information content (AvgIpc) is 3.96. The highest BCUT2D eigenvalue weighted by atomic mass is 35.5. The van der Waals surface area contributed by atoms with E-state index in [0.717, 1.165) is 92.5 Å². The molecule has 0 aromatic heterocycles. The lowest BCUT2D eigenvalue weighted by Gasteiger charge is -2.49. The summed E-state index contributed by atoms with van der Waals surface area (Å²) in [6.45, 7) is 8.35. The van der Waals surface area contributed by atoms with Gasteiger partial charge < -0.3 is 19.6 Å². The summed E-state index contributed by atoms with van der Waals surface area (Å²) >= 11 is 6.38. The molecule has 4 atom stereocenters. The topological polar surface area (TPSA) is 141 Å². The molecule has 3 aromatic rings. The van der Waals surface area contributed by atoms with E-state index in [4.69, 9.17) is 11.6 Å². The molecular formula is C44H45ClN8O5. The smallest absolute Gasteiger partial charge is 0.262 e. The van der Waals surface area contributed by atoms with Crippen molar-refractivity contribution in [2.45, 2.75) is 75.7 Å². The van der Waals surface area contributed by atoms with Crippen LogP contribution in [-0.2, 0) is 9.59 Å². The molecule has 1 spiro atoms. The zero-order valence-electron chi connectivity index (χ0n) is 32.4. The number of halogens is 1. The largest absolute Gasteiger partial charge is 0.371 e. The minimum Gasteiger partial charge on any atom is -0.371 e. The molecule has 0 saturated carbocycles. The summed E-state index contributed by atoms with van der Waals surface area (Å²) in [6.07, 6.45) is 4.52. The summed E-state index contributed by atoms with van der Waals surface area (Å²) in [5.74, 6) is -1.91. The molecule has 0 radical (unpaired) electrons. The lowest BCUT2D eigenvalue weighted by atomic mass is 9.76. The lowest BCUT2D eigenvalue weighted by molar-refractivity contribution is -0.136. The molecule has 10 rings (SSSR count). The van der Waals surface area contributed by atoms with Crippen LogP contribution in [0.2, 0.25) is 5.02 Å². The van der Waals surface area contributed by atoms with Crippen molar-refractivity contribution in [1.29, 1.82) is 5.26 Å². The van der Waals surface area contributed by atoms with Crippen LogP contribution < -0.4 is 20.0 Å². The SMILES string of the molecule is C[C@H]1CC2(CCN(c3ccc(C(=O)N4C[C@@H]5C[C@H]4CN5C4CN(c5ccc6c(c5)C(=O)N(C5CCC(=O)NC5=O)C6=O)C4)cc3)CC2)CN1c1ccc(C#N)c(Cl)c1. The first-order chi connectivity index (χ1) is 28.0. The number of imide groups is 2. The van der Waals surface area contributed by atoms with Crippen molar-refractivity contribution in [3.8, 4) is 6.07 Å². The molecule has 13 nitrogen and oxygen atoms in total. The summed E-state index contributed by atoms with van der Waals surface area (Å²) in [6, 6.07) is 21.6. The molecule has 1 N–H and O–H groups in total. The van der Waals surface area contributed by atoms with Crippen LogP contribution in [-0.4, -0.2) is 120 Å².